The Balaban J connectivity index is 2.54. The normalized spacial score (nSPS) is 12.1. The van der Waals surface area contributed by atoms with Gasteiger partial charge in [0.05, 0.1) is 5.02 Å². The maximum Gasteiger partial charge on any atom is 0.387 e. The van der Waals surface area contributed by atoms with Gasteiger partial charge >= 0.3 is 12.6 Å². The molecule has 0 spiro atoms. The molecule has 1 aromatic carbocycles. The number of carbonyl (C=O) groups is 1. The van der Waals surface area contributed by atoms with Crippen LogP contribution in [0.15, 0.2) is 18.2 Å². The third-order valence-electron chi connectivity index (χ3n) is 2.58. The summed E-state index contributed by atoms with van der Waals surface area (Å²) in [5.74, 6) is -0.158. The zero-order valence-electron chi connectivity index (χ0n) is 11.4. The number of hydrogen-bond acceptors (Lipinski definition) is 3. The SMILES string of the molecule is CC(CCCO)NC(=O)Nc1ccc(OC(F)F)c(Cl)c1. The Bertz CT molecular complexity index is 475. The number of alkyl halides is 2. The van der Waals surface area contributed by atoms with Crippen molar-refractivity contribution in [2.45, 2.75) is 32.4 Å². The monoisotopic (exact) mass is 322 g/mol. The van der Waals surface area contributed by atoms with Crippen molar-refractivity contribution < 1.29 is 23.4 Å². The van der Waals surface area contributed by atoms with Crippen LogP contribution in [-0.2, 0) is 0 Å². The molecule has 0 aliphatic heterocycles. The van der Waals surface area contributed by atoms with E-state index in [4.69, 9.17) is 16.7 Å². The first kappa shape index (κ1) is 17.5. The number of carbonyl (C=O) groups excluding carboxylic acids is 1. The topological polar surface area (TPSA) is 70.6 Å². The first-order valence-corrected chi connectivity index (χ1v) is 6.73. The average Bonchev–Trinajstić information content (AvgIpc) is 2.39. The van der Waals surface area contributed by atoms with Gasteiger partial charge < -0.3 is 20.5 Å². The van der Waals surface area contributed by atoms with Gasteiger partial charge in [-0.25, -0.2) is 4.79 Å². The number of hydrogen-bond donors (Lipinski definition) is 3. The van der Waals surface area contributed by atoms with Gasteiger partial charge in [0, 0.05) is 18.3 Å². The predicted molar refractivity (Wildman–Crippen MR) is 76.0 cm³/mol. The van der Waals surface area contributed by atoms with E-state index in [1.165, 1.54) is 18.2 Å². The quantitative estimate of drug-likeness (QED) is 0.722. The molecule has 21 heavy (non-hydrogen) atoms. The molecule has 1 unspecified atom stereocenters. The highest BCUT2D eigenvalue weighted by molar-refractivity contribution is 6.32. The van der Waals surface area contributed by atoms with Gasteiger partial charge in [-0.1, -0.05) is 11.6 Å². The Kier molecular flexibility index (Phi) is 7.18. The minimum absolute atomic E-state index is 0.0265. The number of urea groups is 1. The Morgan fingerprint density at radius 2 is 2.19 bits per heavy atom. The average molecular weight is 323 g/mol. The van der Waals surface area contributed by atoms with E-state index in [-0.39, 0.29) is 23.4 Å². The predicted octanol–water partition coefficient (Wildman–Crippen LogP) is 3.22. The number of aliphatic hydroxyl groups excluding tert-OH is 1. The van der Waals surface area contributed by atoms with Crippen LogP contribution in [0, 0.1) is 0 Å². The summed E-state index contributed by atoms with van der Waals surface area (Å²) in [5.41, 5.74) is 0.355. The van der Waals surface area contributed by atoms with E-state index >= 15 is 0 Å². The van der Waals surface area contributed by atoms with Gasteiger partial charge in [-0.05, 0) is 38.0 Å². The Morgan fingerprint density at radius 1 is 1.48 bits per heavy atom. The second kappa shape index (κ2) is 8.63. The fourth-order valence-electron chi connectivity index (χ4n) is 1.63. The summed E-state index contributed by atoms with van der Waals surface area (Å²) >= 11 is 5.77. The van der Waals surface area contributed by atoms with Gasteiger partial charge in [-0.2, -0.15) is 8.78 Å². The summed E-state index contributed by atoms with van der Waals surface area (Å²) in [5, 5.41) is 13.9. The number of nitrogens with one attached hydrogen (secondary N) is 2. The van der Waals surface area contributed by atoms with E-state index in [1.807, 2.05) is 6.92 Å². The second-order valence-electron chi connectivity index (χ2n) is 4.39. The van der Waals surface area contributed by atoms with E-state index in [0.717, 1.165) is 0 Å². The smallest absolute Gasteiger partial charge is 0.387 e. The molecule has 1 rings (SSSR count). The number of rotatable bonds is 7. The van der Waals surface area contributed by atoms with E-state index < -0.39 is 12.6 Å². The minimum Gasteiger partial charge on any atom is -0.433 e. The minimum atomic E-state index is -2.96. The zero-order valence-corrected chi connectivity index (χ0v) is 12.2. The Labute approximate surface area is 126 Å². The molecule has 118 valence electrons. The van der Waals surface area contributed by atoms with Crippen molar-refractivity contribution >= 4 is 23.3 Å². The lowest BCUT2D eigenvalue weighted by Gasteiger charge is -2.14. The summed E-state index contributed by atoms with van der Waals surface area (Å²) in [4.78, 5) is 11.7. The molecule has 0 aliphatic carbocycles. The van der Waals surface area contributed by atoms with Crippen molar-refractivity contribution in [1.82, 2.24) is 5.32 Å². The molecule has 0 aromatic heterocycles. The van der Waals surface area contributed by atoms with Crippen molar-refractivity contribution in [1.29, 1.82) is 0 Å². The molecule has 5 nitrogen and oxygen atoms in total. The van der Waals surface area contributed by atoms with Crippen LogP contribution in [0.1, 0.15) is 19.8 Å². The van der Waals surface area contributed by atoms with Crippen LogP contribution < -0.4 is 15.4 Å². The summed E-state index contributed by atoms with van der Waals surface area (Å²) in [6, 6.07) is 3.42. The number of ether oxygens (including phenoxy) is 1. The first-order chi connectivity index (χ1) is 9.92. The summed E-state index contributed by atoms with van der Waals surface area (Å²) in [6.07, 6.45) is 1.23. The van der Waals surface area contributed by atoms with Crippen LogP contribution in [-0.4, -0.2) is 30.4 Å². The fraction of sp³-hybridized carbons (Fsp3) is 0.462. The lowest BCUT2D eigenvalue weighted by molar-refractivity contribution is -0.0497. The highest BCUT2D eigenvalue weighted by Gasteiger charge is 2.11. The summed E-state index contributed by atoms with van der Waals surface area (Å²) in [6.45, 7) is -1.09. The Hall–Kier alpha value is -1.60. The molecule has 1 atom stereocenters. The molecule has 0 radical (unpaired) electrons. The van der Waals surface area contributed by atoms with Crippen molar-refractivity contribution in [2.75, 3.05) is 11.9 Å². The van der Waals surface area contributed by atoms with Crippen LogP contribution in [0.25, 0.3) is 0 Å². The van der Waals surface area contributed by atoms with Crippen molar-refractivity contribution in [3.05, 3.63) is 23.2 Å². The highest BCUT2D eigenvalue weighted by Crippen LogP contribution is 2.28. The number of anilines is 1. The molecule has 0 bridgehead atoms. The first-order valence-electron chi connectivity index (χ1n) is 6.35. The molecular weight excluding hydrogens is 306 g/mol. The summed E-state index contributed by atoms with van der Waals surface area (Å²) in [7, 11) is 0. The number of amides is 2. The molecule has 0 saturated carbocycles. The number of benzene rings is 1. The van der Waals surface area contributed by atoms with Crippen molar-refractivity contribution in [2.24, 2.45) is 0 Å². The standard InChI is InChI=1S/C13H17ClF2N2O3/c1-8(3-2-6-19)17-13(20)18-9-4-5-11(10(14)7-9)21-12(15)16/h4-5,7-8,12,19H,2-3,6H2,1H3,(H2,17,18,20). The van der Waals surface area contributed by atoms with Crippen LogP contribution in [0.2, 0.25) is 5.02 Å². The Morgan fingerprint density at radius 3 is 2.76 bits per heavy atom. The number of halogens is 3. The molecule has 3 N–H and O–H groups in total. The summed E-state index contributed by atoms with van der Waals surface area (Å²) < 4.78 is 28.4. The molecule has 1 aromatic rings. The van der Waals surface area contributed by atoms with Crippen LogP contribution in [0.5, 0.6) is 5.75 Å². The van der Waals surface area contributed by atoms with Crippen LogP contribution >= 0.6 is 11.6 Å². The van der Waals surface area contributed by atoms with Gasteiger partial charge in [0.25, 0.3) is 0 Å². The number of aliphatic hydroxyl groups is 1. The molecule has 8 heteroatoms. The van der Waals surface area contributed by atoms with Gasteiger partial charge in [0.15, 0.2) is 0 Å². The maximum atomic E-state index is 12.1. The molecule has 0 saturated heterocycles. The largest absolute Gasteiger partial charge is 0.433 e. The van der Waals surface area contributed by atoms with E-state index in [0.29, 0.717) is 18.5 Å². The molecule has 0 aliphatic rings. The third kappa shape index (κ3) is 6.59. The van der Waals surface area contributed by atoms with Crippen LogP contribution in [0.3, 0.4) is 0 Å². The highest BCUT2D eigenvalue weighted by atomic mass is 35.5. The maximum absolute atomic E-state index is 12.1. The van der Waals surface area contributed by atoms with E-state index in [1.54, 1.807) is 0 Å². The van der Waals surface area contributed by atoms with Crippen molar-refractivity contribution in [3.63, 3.8) is 0 Å². The van der Waals surface area contributed by atoms with E-state index in [9.17, 15) is 13.6 Å². The molecular formula is C13H17ClF2N2O3. The van der Waals surface area contributed by atoms with Gasteiger partial charge in [-0.15, -0.1) is 0 Å². The lowest BCUT2D eigenvalue weighted by atomic mass is 10.2. The van der Waals surface area contributed by atoms with Gasteiger partial charge in [-0.3, -0.25) is 0 Å². The second-order valence-corrected chi connectivity index (χ2v) is 4.80. The van der Waals surface area contributed by atoms with Gasteiger partial charge in [0.2, 0.25) is 0 Å². The lowest BCUT2D eigenvalue weighted by Crippen LogP contribution is -2.36. The molecule has 0 heterocycles. The van der Waals surface area contributed by atoms with Crippen molar-refractivity contribution in [3.8, 4) is 5.75 Å². The van der Waals surface area contributed by atoms with Crippen LogP contribution in [0.4, 0.5) is 19.3 Å². The fourth-order valence-corrected chi connectivity index (χ4v) is 1.86. The van der Waals surface area contributed by atoms with E-state index in [2.05, 4.69) is 15.4 Å². The molecule has 2 amide bonds. The van der Waals surface area contributed by atoms with Gasteiger partial charge in [0.1, 0.15) is 5.75 Å². The third-order valence-corrected chi connectivity index (χ3v) is 2.87. The zero-order chi connectivity index (χ0) is 15.8. The molecule has 0 fully saturated rings.